The molecule has 0 radical (unpaired) electrons. The lowest BCUT2D eigenvalue weighted by Gasteiger charge is -1.58. The Labute approximate surface area is 44.5 Å². The molecule has 0 rings (SSSR count). The third-order valence-electron chi connectivity index (χ3n) is 0.146. The molecular formula is C3H3IO. The zero-order valence-corrected chi connectivity index (χ0v) is 4.69. The molecule has 0 atom stereocenters. The van der Waals surface area contributed by atoms with Gasteiger partial charge >= 0.3 is 0 Å². The van der Waals surface area contributed by atoms with Crippen molar-refractivity contribution < 1.29 is 5.11 Å². The summed E-state index contributed by atoms with van der Waals surface area (Å²) in [5.74, 6) is 2.40. The van der Waals surface area contributed by atoms with Gasteiger partial charge in [-0.25, -0.2) is 0 Å². The Hall–Kier alpha value is 0.250. The summed E-state index contributed by atoms with van der Waals surface area (Å²) in [6, 6.07) is 0. The van der Waals surface area contributed by atoms with Crippen LogP contribution in [0.1, 0.15) is 0 Å². The molecule has 0 aliphatic carbocycles. The predicted octanol–water partition coefficient (Wildman–Crippen LogP) is 0.375. The highest BCUT2D eigenvalue weighted by molar-refractivity contribution is 14.1. The highest BCUT2D eigenvalue weighted by Crippen LogP contribution is 1.66. The second-order valence-corrected chi connectivity index (χ2v) is 0.969. The second-order valence-electron chi connectivity index (χ2n) is 0.429. The Balaban J connectivity index is 2.81. The van der Waals surface area contributed by atoms with Crippen molar-refractivity contribution in [2.24, 2.45) is 0 Å². The van der Waals surface area contributed by atoms with E-state index in [0.717, 1.165) is 0 Å². The third-order valence-corrected chi connectivity index (χ3v) is 0.527. The van der Waals surface area contributed by atoms with Crippen molar-refractivity contribution in [3.05, 3.63) is 0 Å². The van der Waals surface area contributed by atoms with Crippen LogP contribution in [0.4, 0.5) is 0 Å². The molecule has 0 aromatic rings. The lowest BCUT2D eigenvalue weighted by Crippen LogP contribution is -1.65. The first-order chi connectivity index (χ1) is 2.41. The van der Waals surface area contributed by atoms with Crippen LogP contribution in [0.5, 0.6) is 0 Å². The van der Waals surface area contributed by atoms with Crippen molar-refractivity contribution in [2.45, 2.75) is 0 Å². The molecule has 1 N–H and O–H groups in total. The fourth-order valence-corrected chi connectivity index (χ4v) is 0.200. The molecule has 0 spiro atoms. The Kier molecular flexibility index (Phi) is 4.46. The Morgan fingerprint density at radius 3 is 2.40 bits per heavy atom. The van der Waals surface area contributed by atoms with Crippen LogP contribution in [0, 0.1) is 9.85 Å². The number of halogens is 1. The summed E-state index contributed by atoms with van der Waals surface area (Å²) in [5, 5.41) is 7.89. The summed E-state index contributed by atoms with van der Waals surface area (Å²) in [4.78, 5) is 0. The molecule has 1 nitrogen and oxygen atoms in total. The molecule has 0 saturated carbocycles. The maximum atomic E-state index is 7.89. The summed E-state index contributed by atoms with van der Waals surface area (Å²) < 4.78 is 2.49. The van der Waals surface area contributed by atoms with E-state index in [4.69, 9.17) is 5.11 Å². The van der Waals surface area contributed by atoms with Crippen molar-refractivity contribution in [1.82, 2.24) is 0 Å². The average molecular weight is 182 g/mol. The molecule has 0 fully saturated rings. The van der Waals surface area contributed by atoms with Gasteiger partial charge in [0.25, 0.3) is 0 Å². The van der Waals surface area contributed by atoms with Crippen LogP contribution >= 0.6 is 22.6 Å². The number of hydrogen-bond donors (Lipinski definition) is 1. The molecule has 0 heterocycles. The van der Waals surface area contributed by atoms with Gasteiger partial charge in [0.05, 0.1) is 0 Å². The minimum Gasteiger partial charge on any atom is -0.384 e. The maximum Gasteiger partial charge on any atom is 0.105 e. The molecule has 0 bridgehead atoms. The standard InChI is InChI=1S/C3H3IO/c4-2-1-3-5/h5H,3H2. The van der Waals surface area contributed by atoms with Crippen molar-refractivity contribution in [3.63, 3.8) is 0 Å². The highest BCUT2D eigenvalue weighted by atomic mass is 127. The minimum absolute atomic E-state index is 0.0249. The van der Waals surface area contributed by atoms with Crippen LogP contribution < -0.4 is 0 Å². The van der Waals surface area contributed by atoms with Crippen molar-refractivity contribution in [2.75, 3.05) is 6.61 Å². The monoisotopic (exact) mass is 182 g/mol. The summed E-state index contributed by atoms with van der Waals surface area (Å²) >= 11 is 1.87. The van der Waals surface area contributed by atoms with Gasteiger partial charge in [-0.15, -0.1) is 0 Å². The van der Waals surface area contributed by atoms with Crippen LogP contribution in [0.3, 0.4) is 0 Å². The first-order valence-corrected chi connectivity index (χ1v) is 2.19. The molecule has 0 amide bonds. The number of aliphatic hydroxyl groups is 1. The fourth-order valence-electron chi connectivity index (χ4n) is 0.0299. The van der Waals surface area contributed by atoms with E-state index < -0.39 is 0 Å². The van der Waals surface area contributed by atoms with Gasteiger partial charge in [0.1, 0.15) is 6.61 Å². The van der Waals surface area contributed by atoms with Gasteiger partial charge in [-0.3, -0.25) is 0 Å². The molecule has 0 aromatic heterocycles. The topological polar surface area (TPSA) is 20.2 Å². The van der Waals surface area contributed by atoms with E-state index in [0.29, 0.717) is 0 Å². The fraction of sp³-hybridized carbons (Fsp3) is 0.333. The van der Waals surface area contributed by atoms with Crippen LogP contribution in [0.2, 0.25) is 0 Å². The minimum atomic E-state index is -0.0249. The number of aliphatic hydroxyl groups excluding tert-OH is 1. The normalized spacial score (nSPS) is 5.20. The molecule has 0 aliphatic rings. The predicted molar refractivity (Wildman–Crippen MR) is 28.9 cm³/mol. The summed E-state index contributed by atoms with van der Waals surface area (Å²) in [5.41, 5.74) is 0. The molecule has 0 saturated heterocycles. The largest absolute Gasteiger partial charge is 0.384 e. The van der Waals surface area contributed by atoms with Crippen molar-refractivity contribution in [1.29, 1.82) is 0 Å². The SMILES string of the molecule is OCC#CI. The molecule has 28 valence electrons. The van der Waals surface area contributed by atoms with Gasteiger partial charge in [-0.05, 0) is 3.93 Å². The van der Waals surface area contributed by atoms with E-state index in [-0.39, 0.29) is 6.61 Å². The Morgan fingerprint density at radius 2 is 2.40 bits per heavy atom. The van der Waals surface area contributed by atoms with Crippen LogP contribution in [-0.4, -0.2) is 11.7 Å². The highest BCUT2D eigenvalue weighted by Gasteiger charge is 1.50. The zero-order chi connectivity index (χ0) is 4.12. The average Bonchev–Trinajstić information content (AvgIpc) is 1.41. The summed E-state index contributed by atoms with van der Waals surface area (Å²) in [7, 11) is 0. The molecule has 5 heavy (non-hydrogen) atoms. The van der Waals surface area contributed by atoms with Crippen molar-refractivity contribution in [3.8, 4) is 9.85 Å². The molecule has 2 heteroatoms. The van der Waals surface area contributed by atoms with E-state index in [1.807, 2.05) is 22.6 Å². The molecule has 0 aliphatic heterocycles. The molecule has 0 unspecified atom stereocenters. The van der Waals surface area contributed by atoms with E-state index in [1.54, 1.807) is 0 Å². The van der Waals surface area contributed by atoms with E-state index >= 15 is 0 Å². The Morgan fingerprint density at radius 1 is 1.80 bits per heavy atom. The van der Waals surface area contributed by atoms with Crippen molar-refractivity contribution >= 4 is 22.6 Å². The van der Waals surface area contributed by atoms with Crippen LogP contribution in [0.15, 0.2) is 0 Å². The number of rotatable bonds is 0. The van der Waals surface area contributed by atoms with Gasteiger partial charge in [-0.1, -0.05) is 5.92 Å². The van der Waals surface area contributed by atoms with Gasteiger partial charge in [-0.2, -0.15) is 0 Å². The lowest BCUT2D eigenvalue weighted by atomic mass is 10.8. The Bertz CT molecular complexity index is 59.0. The molecular weight excluding hydrogens is 179 g/mol. The smallest absolute Gasteiger partial charge is 0.105 e. The third kappa shape index (κ3) is 4.25. The lowest BCUT2D eigenvalue weighted by molar-refractivity contribution is 0.351. The summed E-state index contributed by atoms with van der Waals surface area (Å²) in [6.45, 7) is -0.0249. The van der Waals surface area contributed by atoms with E-state index in [9.17, 15) is 0 Å². The maximum absolute atomic E-state index is 7.89. The molecule has 0 aromatic carbocycles. The van der Waals surface area contributed by atoms with Crippen LogP contribution in [-0.2, 0) is 0 Å². The van der Waals surface area contributed by atoms with E-state index in [2.05, 4.69) is 9.85 Å². The first kappa shape index (κ1) is 5.25. The van der Waals surface area contributed by atoms with E-state index in [1.165, 1.54) is 0 Å². The van der Waals surface area contributed by atoms with Gasteiger partial charge < -0.3 is 5.11 Å². The summed E-state index contributed by atoms with van der Waals surface area (Å²) in [6.07, 6.45) is 0. The first-order valence-electron chi connectivity index (χ1n) is 1.11. The second kappa shape index (κ2) is 4.25. The van der Waals surface area contributed by atoms with Crippen LogP contribution in [0.25, 0.3) is 0 Å². The van der Waals surface area contributed by atoms with Gasteiger partial charge in [0, 0.05) is 22.6 Å². The quantitative estimate of drug-likeness (QED) is 0.424. The van der Waals surface area contributed by atoms with Gasteiger partial charge in [0.2, 0.25) is 0 Å². The van der Waals surface area contributed by atoms with Gasteiger partial charge in [0.15, 0.2) is 0 Å². The zero-order valence-electron chi connectivity index (χ0n) is 2.53. The number of hydrogen-bond acceptors (Lipinski definition) is 1.